The summed E-state index contributed by atoms with van der Waals surface area (Å²) in [6.45, 7) is 4.09. The fourth-order valence-corrected chi connectivity index (χ4v) is 2.87. The molecular formula is C19H17NO4. The van der Waals surface area contributed by atoms with Crippen LogP contribution in [0.25, 0.3) is 0 Å². The molecule has 1 aliphatic heterocycles. The zero-order chi connectivity index (χ0) is 17.4. The standard InChI is InChI=1S/C19H17NO4/c1-11(2)12-7-8-16-15(9-12)17(21)18(22)20(16)10-13-5-3-4-6-14(13)19(23)24/h3-9,11H,10H2,1-2H3,(H,23,24). The number of carboxylic acids is 1. The molecule has 0 saturated carbocycles. The predicted molar refractivity (Wildman–Crippen MR) is 89.5 cm³/mol. The number of ketones is 1. The molecular weight excluding hydrogens is 306 g/mol. The third kappa shape index (κ3) is 2.58. The normalized spacial score (nSPS) is 13.5. The molecule has 0 aromatic heterocycles. The summed E-state index contributed by atoms with van der Waals surface area (Å²) in [4.78, 5) is 37.3. The summed E-state index contributed by atoms with van der Waals surface area (Å²) in [6, 6.07) is 11.9. The van der Waals surface area contributed by atoms with Gasteiger partial charge in [0.15, 0.2) is 0 Å². The number of benzene rings is 2. The molecule has 0 unspecified atom stereocenters. The van der Waals surface area contributed by atoms with Crippen LogP contribution < -0.4 is 4.90 Å². The van der Waals surface area contributed by atoms with Crippen LogP contribution in [0.15, 0.2) is 42.5 Å². The molecule has 0 bridgehead atoms. The number of hydrogen-bond donors (Lipinski definition) is 1. The van der Waals surface area contributed by atoms with Crippen LogP contribution in [-0.2, 0) is 11.3 Å². The van der Waals surface area contributed by atoms with Gasteiger partial charge in [-0.25, -0.2) is 4.79 Å². The smallest absolute Gasteiger partial charge is 0.336 e. The van der Waals surface area contributed by atoms with Gasteiger partial charge in [0.2, 0.25) is 0 Å². The fourth-order valence-electron chi connectivity index (χ4n) is 2.87. The van der Waals surface area contributed by atoms with Gasteiger partial charge in [-0.15, -0.1) is 0 Å². The highest BCUT2D eigenvalue weighted by Gasteiger charge is 2.36. The minimum Gasteiger partial charge on any atom is -0.478 e. The van der Waals surface area contributed by atoms with Crippen molar-refractivity contribution in [3.63, 3.8) is 0 Å². The minimum atomic E-state index is -1.06. The van der Waals surface area contributed by atoms with Crippen LogP contribution in [0.1, 0.15) is 51.6 Å². The average molecular weight is 323 g/mol. The molecule has 1 N–H and O–H groups in total. The second kappa shape index (κ2) is 5.92. The fraction of sp³-hybridized carbons (Fsp3) is 0.211. The van der Waals surface area contributed by atoms with Crippen molar-refractivity contribution in [3.05, 3.63) is 64.7 Å². The number of rotatable bonds is 4. The molecule has 0 atom stereocenters. The lowest BCUT2D eigenvalue weighted by atomic mass is 9.99. The minimum absolute atomic E-state index is 0.0566. The topological polar surface area (TPSA) is 74.7 Å². The summed E-state index contributed by atoms with van der Waals surface area (Å²) >= 11 is 0. The van der Waals surface area contributed by atoms with Gasteiger partial charge in [-0.2, -0.15) is 0 Å². The highest BCUT2D eigenvalue weighted by Crippen LogP contribution is 2.33. The van der Waals surface area contributed by atoms with Crippen LogP contribution in [0, 0.1) is 0 Å². The number of carbonyl (C=O) groups is 3. The Balaban J connectivity index is 2.01. The monoisotopic (exact) mass is 323 g/mol. The molecule has 2 aromatic carbocycles. The zero-order valence-corrected chi connectivity index (χ0v) is 13.4. The van der Waals surface area contributed by atoms with Gasteiger partial charge in [0, 0.05) is 0 Å². The van der Waals surface area contributed by atoms with Gasteiger partial charge >= 0.3 is 5.97 Å². The van der Waals surface area contributed by atoms with E-state index in [2.05, 4.69) is 0 Å². The molecule has 1 aliphatic rings. The molecule has 2 aromatic rings. The number of Topliss-reactive ketones (excluding diaryl/α,β-unsaturated/α-hetero) is 1. The third-order valence-electron chi connectivity index (χ3n) is 4.24. The quantitative estimate of drug-likeness (QED) is 0.877. The summed E-state index contributed by atoms with van der Waals surface area (Å²) in [5.74, 6) is -1.97. The zero-order valence-electron chi connectivity index (χ0n) is 13.4. The summed E-state index contributed by atoms with van der Waals surface area (Å²) in [7, 11) is 0. The maximum absolute atomic E-state index is 12.4. The number of hydrogen-bond acceptors (Lipinski definition) is 3. The van der Waals surface area contributed by atoms with E-state index in [0.29, 0.717) is 16.8 Å². The van der Waals surface area contributed by atoms with Crippen molar-refractivity contribution >= 4 is 23.3 Å². The lowest BCUT2D eigenvalue weighted by molar-refractivity contribution is -0.114. The van der Waals surface area contributed by atoms with E-state index in [1.807, 2.05) is 19.9 Å². The highest BCUT2D eigenvalue weighted by atomic mass is 16.4. The van der Waals surface area contributed by atoms with E-state index < -0.39 is 17.7 Å². The van der Waals surface area contributed by atoms with Gasteiger partial charge in [-0.05, 0) is 35.2 Å². The van der Waals surface area contributed by atoms with Crippen LogP contribution in [-0.4, -0.2) is 22.8 Å². The number of amides is 1. The summed E-state index contributed by atoms with van der Waals surface area (Å²) in [6.07, 6.45) is 0. The predicted octanol–water partition coefficient (Wildman–Crippen LogP) is 3.24. The average Bonchev–Trinajstić information content (AvgIpc) is 2.80. The molecule has 24 heavy (non-hydrogen) atoms. The van der Waals surface area contributed by atoms with E-state index in [1.54, 1.807) is 30.3 Å². The van der Waals surface area contributed by atoms with Crippen LogP contribution in [0.4, 0.5) is 5.69 Å². The first-order valence-corrected chi connectivity index (χ1v) is 7.71. The number of aromatic carboxylic acids is 1. The molecule has 0 fully saturated rings. The Morgan fingerprint density at radius 3 is 2.50 bits per heavy atom. The molecule has 1 amide bonds. The van der Waals surface area contributed by atoms with Crippen LogP contribution in [0.3, 0.4) is 0 Å². The van der Waals surface area contributed by atoms with E-state index in [1.165, 1.54) is 11.0 Å². The summed E-state index contributed by atoms with van der Waals surface area (Å²) < 4.78 is 0. The van der Waals surface area contributed by atoms with Crippen LogP contribution in [0.5, 0.6) is 0 Å². The molecule has 0 saturated heterocycles. The Kier molecular flexibility index (Phi) is 3.93. The van der Waals surface area contributed by atoms with E-state index in [9.17, 15) is 19.5 Å². The van der Waals surface area contributed by atoms with Crippen molar-refractivity contribution in [1.82, 2.24) is 0 Å². The van der Waals surface area contributed by atoms with Crippen molar-refractivity contribution in [3.8, 4) is 0 Å². The number of fused-ring (bicyclic) bond motifs is 1. The Labute approximate surface area is 139 Å². The molecule has 5 nitrogen and oxygen atoms in total. The molecule has 1 heterocycles. The Morgan fingerprint density at radius 1 is 1.12 bits per heavy atom. The number of carbonyl (C=O) groups excluding carboxylic acids is 2. The van der Waals surface area contributed by atoms with E-state index in [0.717, 1.165) is 5.56 Å². The SMILES string of the molecule is CC(C)c1ccc2c(c1)C(=O)C(=O)N2Cc1ccccc1C(=O)O. The molecule has 5 heteroatoms. The lowest BCUT2D eigenvalue weighted by Crippen LogP contribution is -2.29. The second-order valence-electron chi connectivity index (χ2n) is 6.11. The van der Waals surface area contributed by atoms with Gasteiger partial charge in [0.1, 0.15) is 0 Å². The summed E-state index contributed by atoms with van der Waals surface area (Å²) in [5.41, 5.74) is 2.54. The van der Waals surface area contributed by atoms with Crippen LogP contribution >= 0.6 is 0 Å². The number of anilines is 1. The first-order valence-electron chi connectivity index (χ1n) is 7.71. The van der Waals surface area contributed by atoms with Gasteiger partial charge < -0.3 is 10.0 Å². The molecule has 0 spiro atoms. The van der Waals surface area contributed by atoms with Crippen molar-refractivity contribution in [2.24, 2.45) is 0 Å². The van der Waals surface area contributed by atoms with E-state index >= 15 is 0 Å². The first-order chi connectivity index (χ1) is 11.4. The van der Waals surface area contributed by atoms with Gasteiger partial charge in [0.25, 0.3) is 11.7 Å². The molecule has 0 aliphatic carbocycles. The second-order valence-corrected chi connectivity index (χ2v) is 6.11. The van der Waals surface area contributed by atoms with E-state index in [4.69, 9.17) is 0 Å². The highest BCUT2D eigenvalue weighted by molar-refractivity contribution is 6.52. The Hall–Kier alpha value is -2.95. The maximum Gasteiger partial charge on any atom is 0.336 e. The van der Waals surface area contributed by atoms with E-state index in [-0.39, 0.29) is 18.0 Å². The number of carboxylic acid groups (broad SMARTS) is 1. The number of nitrogens with zero attached hydrogens (tertiary/aromatic N) is 1. The summed E-state index contributed by atoms with van der Waals surface area (Å²) in [5, 5.41) is 9.28. The van der Waals surface area contributed by atoms with Crippen molar-refractivity contribution in [1.29, 1.82) is 0 Å². The van der Waals surface area contributed by atoms with Crippen molar-refractivity contribution < 1.29 is 19.5 Å². The van der Waals surface area contributed by atoms with Gasteiger partial charge in [-0.3, -0.25) is 9.59 Å². The lowest BCUT2D eigenvalue weighted by Gasteiger charge is -2.18. The van der Waals surface area contributed by atoms with Crippen molar-refractivity contribution in [2.45, 2.75) is 26.3 Å². The molecule has 3 rings (SSSR count). The van der Waals surface area contributed by atoms with Crippen molar-refractivity contribution in [2.75, 3.05) is 4.90 Å². The van der Waals surface area contributed by atoms with Gasteiger partial charge in [0.05, 0.1) is 23.4 Å². The van der Waals surface area contributed by atoms with Crippen LogP contribution in [0.2, 0.25) is 0 Å². The molecule has 0 radical (unpaired) electrons. The molecule has 122 valence electrons. The largest absolute Gasteiger partial charge is 0.478 e. The Bertz CT molecular complexity index is 854. The maximum atomic E-state index is 12.4. The third-order valence-corrected chi connectivity index (χ3v) is 4.24. The first kappa shape index (κ1) is 15.9. The van der Waals surface area contributed by atoms with Gasteiger partial charge in [-0.1, -0.05) is 38.1 Å². The Morgan fingerprint density at radius 2 is 1.83 bits per heavy atom.